The lowest BCUT2D eigenvalue weighted by Crippen LogP contribution is -2.45. The second kappa shape index (κ2) is 10.9. The van der Waals surface area contributed by atoms with Crippen molar-refractivity contribution in [2.75, 3.05) is 44.8 Å². The molecule has 0 radical (unpaired) electrons. The van der Waals surface area contributed by atoms with Crippen LogP contribution in [0.1, 0.15) is 33.1 Å². The topological polar surface area (TPSA) is 37.3 Å². The summed E-state index contributed by atoms with van der Waals surface area (Å²) < 4.78 is 26.1. The van der Waals surface area contributed by atoms with E-state index in [4.69, 9.17) is 21.1 Å². The van der Waals surface area contributed by atoms with Crippen LogP contribution in [0.3, 0.4) is 0 Å². The SMILES string of the molecule is COC1=CC(N2CCC(COc3ccc(N4CCC(C)CC4)cc3F)C(C)C2)C=C(Cl)C=N1. The molecule has 2 fully saturated rings. The first-order valence-electron chi connectivity index (χ1n) is 12.0. The maximum Gasteiger partial charge on any atom is 0.210 e. The zero-order chi connectivity index (χ0) is 23.4. The molecule has 0 spiro atoms. The number of allylic oxidation sites excluding steroid dienone is 1. The highest BCUT2D eigenvalue weighted by Gasteiger charge is 2.30. The minimum atomic E-state index is -0.272. The Morgan fingerprint density at radius 1 is 1.12 bits per heavy atom. The minimum absolute atomic E-state index is 0.0435. The van der Waals surface area contributed by atoms with E-state index < -0.39 is 0 Å². The van der Waals surface area contributed by atoms with Crippen molar-refractivity contribution >= 4 is 23.5 Å². The van der Waals surface area contributed by atoms with Crippen LogP contribution in [0.5, 0.6) is 5.75 Å². The Kier molecular flexibility index (Phi) is 7.97. The van der Waals surface area contributed by atoms with Gasteiger partial charge in [-0.1, -0.05) is 25.4 Å². The molecule has 3 heterocycles. The van der Waals surface area contributed by atoms with E-state index in [1.54, 1.807) is 25.5 Å². The first-order valence-corrected chi connectivity index (χ1v) is 12.4. The van der Waals surface area contributed by atoms with Gasteiger partial charge in [-0.05, 0) is 67.8 Å². The van der Waals surface area contributed by atoms with Crippen LogP contribution in [0, 0.1) is 23.6 Å². The molecule has 7 heteroatoms. The van der Waals surface area contributed by atoms with Crippen molar-refractivity contribution in [1.29, 1.82) is 0 Å². The van der Waals surface area contributed by atoms with E-state index in [9.17, 15) is 4.39 Å². The van der Waals surface area contributed by atoms with E-state index in [0.29, 0.717) is 35.1 Å². The maximum atomic E-state index is 14.8. The average molecular weight is 476 g/mol. The summed E-state index contributed by atoms with van der Waals surface area (Å²) in [6, 6.07) is 5.45. The van der Waals surface area contributed by atoms with Crippen LogP contribution < -0.4 is 9.64 Å². The standard InChI is InChI=1S/C26H35ClFN3O2/c1-18-6-9-30(10-7-18)22-4-5-25(24(28)13-22)33-17-20-8-11-31(16-19(20)2)23-12-21(27)15-29-26(14-23)32-3/h4-5,12-15,18-20,23H,6-11,16-17H2,1-3H3. The lowest BCUT2D eigenvalue weighted by molar-refractivity contribution is 0.0843. The Balaban J connectivity index is 1.32. The number of rotatable bonds is 6. The molecule has 1 aromatic rings. The summed E-state index contributed by atoms with van der Waals surface area (Å²) in [5.74, 6) is 2.18. The van der Waals surface area contributed by atoms with Gasteiger partial charge in [-0.15, -0.1) is 0 Å². The van der Waals surface area contributed by atoms with Crippen LogP contribution >= 0.6 is 11.6 Å². The summed E-state index contributed by atoms with van der Waals surface area (Å²) in [5, 5.41) is 0.611. The number of hydrogen-bond donors (Lipinski definition) is 0. The Morgan fingerprint density at radius 2 is 1.91 bits per heavy atom. The zero-order valence-electron chi connectivity index (χ0n) is 19.8. The quantitative estimate of drug-likeness (QED) is 0.547. The van der Waals surface area contributed by atoms with Crippen molar-refractivity contribution in [2.45, 2.75) is 39.2 Å². The molecule has 0 N–H and O–H groups in total. The number of hydrogen-bond acceptors (Lipinski definition) is 5. The molecule has 3 atom stereocenters. The van der Waals surface area contributed by atoms with Crippen LogP contribution in [0.2, 0.25) is 0 Å². The molecule has 4 rings (SSSR count). The number of halogens is 2. The second-order valence-electron chi connectivity index (χ2n) is 9.63. The zero-order valence-corrected chi connectivity index (χ0v) is 20.6. The molecule has 0 amide bonds. The Morgan fingerprint density at radius 3 is 2.61 bits per heavy atom. The van der Waals surface area contributed by atoms with Gasteiger partial charge in [-0.3, -0.25) is 4.90 Å². The molecule has 180 valence electrons. The van der Waals surface area contributed by atoms with Crippen molar-refractivity contribution in [3.8, 4) is 5.75 Å². The third-order valence-corrected chi connectivity index (χ3v) is 7.44. The van der Waals surface area contributed by atoms with E-state index in [2.05, 4.69) is 28.6 Å². The number of anilines is 1. The number of nitrogens with zero attached hydrogens (tertiary/aromatic N) is 3. The molecule has 5 nitrogen and oxygen atoms in total. The minimum Gasteiger partial charge on any atom is -0.490 e. The summed E-state index contributed by atoms with van der Waals surface area (Å²) in [5.41, 5.74) is 0.955. The Hall–Kier alpha value is -2.05. The number of ether oxygens (including phenoxy) is 2. The predicted molar refractivity (Wildman–Crippen MR) is 133 cm³/mol. The highest BCUT2D eigenvalue weighted by atomic mass is 35.5. The highest BCUT2D eigenvalue weighted by Crippen LogP contribution is 2.30. The molecule has 2 saturated heterocycles. The third-order valence-electron chi connectivity index (χ3n) is 7.22. The Bertz CT molecular complexity index is 911. The highest BCUT2D eigenvalue weighted by molar-refractivity contribution is 6.39. The third kappa shape index (κ3) is 6.10. The van der Waals surface area contributed by atoms with E-state index in [-0.39, 0.29) is 11.9 Å². The van der Waals surface area contributed by atoms with Gasteiger partial charge in [-0.2, -0.15) is 0 Å². The van der Waals surface area contributed by atoms with Gasteiger partial charge in [0.15, 0.2) is 11.6 Å². The van der Waals surface area contributed by atoms with Crippen LogP contribution in [-0.4, -0.2) is 57.1 Å². The smallest absolute Gasteiger partial charge is 0.210 e. The maximum absolute atomic E-state index is 14.8. The van der Waals surface area contributed by atoms with Gasteiger partial charge in [0.1, 0.15) is 0 Å². The summed E-state index contributed by atoms with van der Waals surface area (Å²) in [4.78, 5) is 8.89. The Labute approximate surface area is 201 Å². The number of benzene rings is 1. The van der Waals surface area contributed by atoms with Gasteiger partial charge < -0.3 is 14.4 Å². The first-order chi connectivity index (χ1) is 15.9. The van der Waals surface area contributed by atoms with E-state index in [1.165, 1.54) is 0 Å². The van der Waals surface area contributed by atoms with Gasteiger partial charge in [0, 0.05) is 37.6 Å². The molecule has 1 aromatic carbocycles. The molecule has 0 aromatic heterocycles. The summed E-state index contributed by atoms with van der Waals surface area (Å²) >= 11 is 6.26. The lowest BCUT2D eigenvalue weighted by Gasteiger charge is -2.39. The summed E-state index contributed by atoms with van der Waals surface area (Å²) in [6.07, 6.45) is 8.91. The van der Waals surface area contributed by atoms with Crippen LogP contribution in [0.25, 0.3) is 0 Å². The molecule has 3 aliphatic rings. The summed E-state index contributed by atoms with van der Waals surface area (Å²) in [7, 11) is 1.62. The fourth-order valence-corrected chi connectivity index (χ4v) is 5.09. The van der Waals surface area contributed by atoms with Crippen molar-refractivity contribution in [3.63, 3.8) is 0 Å². The normalized spacial score (nSPS) is 27.1. The number of aliphatic imine (C=N–C) groups is 1. The number of likely N-dealkylation sites (tertiary alicyclic amines) is 1. The molecule has 3 unspecified atom stereocenters. The largest absolute Gasteiger partial charge is 0.490 e. The van der Waals surface area contributed by atoms with Crippen LogP contribution in [-0.2, 0) is 4.74 Å². The van der Waals surface area contributed by atoms with Gasteiger partial charge in [0.25, 0.3) is 0 Å². The fraction of sp³-hybridized carbons (Fsp3) is 0.577. The van der Waals surface area contributed by atoms with Gasteiger partial charge in [0.05, 0.1) is 24.8 Å². The molecule has 0 aliphatic carbocycles. The van der Waals surface area contributed by atoms with Crippen molar-refractivity contribution in [1.82, 2.24) is 4.90 Å². The predicted octanol–water partition coefficient (Wildman–Crippen LogP) is 5.46. The van der Waals surface area contributed by atoms with Crippen LogP contribution in [0.15, 0.2) is 46.3 Å². The molecular weight excluding hydrogens is 441 g/mol. The van der Waals surface area contributed by atoms with E-state index in [0.717, 1.165) is 57.0 Å². The van der Waals surface area contributed by atoms with E-state index in [1.807, 2.05) is 18.2 Å². The van der Waals surface area contributed by atoms with Gasteiger partial charge in [-0.25, -0.2) is 9.38 Å². The molecule has 3 aliphatic heterocycles. The average Bonchev–Trinajstić information content (AvgIpc) is 3.00. The fourth-order valence-electron chi connectivity index (χ4n) is 4.91. The molecular formula is C26H35ClFN3O2. The van der Waals surface area contributed by atoms with Gasteiger partial charge in [0.2, 0.25) is 5.88 Å². The molecule has 0 bridgehead atoms. The van der Waals surface area contributed by atoms with Crippen molar-refractivity contribution in [2.24, 2.45) is 22.7 Å². The van der Waals surface area contributed by atoms with Crippen molar-refractivity contribution < 1.29 is 13.9 Å². The number of piperidine rings is 2. The number of methoxy groups -OCH3 is 1. The van der Waals surface area contributed by atoms with E-state index >= 15 is 0 Å². The lowest BCUT2D eigenvalue weighted by atomic mass is 9.86. The summed E-state index contributed by atoms with van der Waals surface area (Å²) in [6.45, 7) is 8.84. The second-order valence-corrected chi connectivity index (χ2v) is 10.1. The van der Waals surface area contributed by atoms with Crippen LogP contribution in [0.4, 0.5) is 10.1 Å². The molecule has 0 saturated carbocycles. The molecule has 33 heavy (non-hydrogen) atoms. The van der Waals surface area contributed by atoms with Crippen molar-refractivity contribution in [3.05, 3.63) is 47.1 Å². The monoisotopic (exact) mass is 475 g/mol. The van der Waals surface area contributed by atoms with Gasteiger partial charge >= 0.3 is 0 Å². The first kappa shape index (κ1) is 24.1.